The van der Waals surface area contributed by atoms with Crippen molar-refractivity contribution < 1.29 is 13.9 Å². The van der Waals surface area contributed by atoms with Crippen LogP contribution in [0, 0.1) is 5.82 Å². The number of amides is 1. The minimum atomic E-state index is -0.215. The van der Waals surface area contributed by atoms with E-state index in [1.807, 2.05) is 41.1 Å². The number of halogens is 1. The average molecular weight is 437 g/mol. The molecule has 6 nitrogen and oxygen atoms in total. The van der Waals surface area contributed by atoms with Gasteiger partial charge in [0.2, 0.25) is 0 Å². The topological polar surface area (TPSA) is 59.4 Å². The van der Waals surface area contributed by atoms with Gasteiger partial charge in [0.05, 0.1) is 18.7 Å². The maximum atomic E-state index is 13.3. The van der Waals surface area contributed by atoms with Crippen molar-refractivity contribution in [3.63, 3.8) is 0 Å². The molecule has 2 saturated heterocycles. The van der Waals surface area contributed by atoms with Crippen molar-refractivity contribution in [2.75, 3.05) is 13.2 Å². The van der Waals surface area contributed by atoms with Gasteiger partial charge in [-0.25, -0.2) is 4.39 Å². The molecule has 0 saturated carbocycles. The predicted molar refractivity (Wildman–Crippen MR) is 121 cm³/mol. The Morgan fingerprint density at radius 2 is 1.84 bits per heavy atom. The Bertz CT molecular complexity index is 1080. The van der Waals surface area contributed by atoms with E-state index >= 15 is 0 Å². The summed E-state index contributed by atoms with van der Waals surface area (Å²) in [5.41, 5.74) is 2.60. The number of aromatic nitrogens is 2. The van der Waals surface area contributed by atoms with Crippen LogP contribution >= 0.6 is 0 Å². The summed E-state index contributed by atoms with van der Waals surface area (Å²) in [7, 11) is 0. The first-order chi connectivity index (χ1) is 15.6. The highest BCUT2D eigenvalue weighted by molar-refractivity contribution is 6.05. The number of aryl methyl sites for hydroxylation is 1. The fourth-order valence-corrected chi connectivity index (χ4v) is 5.10. The summed E-state index contributed by atoms with van der Waals surface area (Å²) in [5.74, 6) is -0.320. The molecule has 0 spiro atoms. The largest absolute Gasteiger partial charge is 0.378 e. The van der Waals surface area contributed by atoms with Gasteiger partial charge in [0, 0.05) is 36.6 Å². The smallest absolute Gasteiger partial charge is 0.272 e. The maximum absolute atomic E-state index is 13.3. The van der Waals surface area contributed by atoms with Gasteiger partial charge >= 0.3 is 0 Å². The molecule has 2 fully saturated rings. The summed E-state index contributed by atoms with van der Waals surface area (Å²) in [6.45, 7) is 4.97. The second kappa shape index (κ2) is 9.00. The monoisotopic (exact) mass is 436 g/mol. The molecule has 0 aliphatic carbocycles. The van der Waals surface area contributed by atoms with E-state index in [0.717, 1.165) is 48.8 Å². The van der Waals surface area contributed by atoms with Crippen molar-refractivity contribution in [1.82, 2.24) is 20.0 Å². The number of nitrogens with zero attached hydrogens (tertiary/aromatic N) is 3. The van der Waals surface area contributed by atoms with Crippen LogP contribution in [0.3, 0.4) is 0 Å². The molecule has 1 aromatic heterocycles. The van der Waals surface area contributed by atoms with Gasteiger partial charge in [-0.2, -0.15) is 5.10 Å². The van der Waals surface area contributed by atoms with Crippen molar-refractivity contribution in [2.24, 2.45) is 0 Å². The number of para-hydroxylation sites is 1. The summed E-state index contributed by atoms with van der Waals surface area (Å²) in [6.07, 6.45) is 2.62. The normalized spacial score (nSPS) is 23.4. The van der Waals surface area contributed by atoms with Crippen molar-refractivity contribution >= 4 is 16.8 Å². The zero-order valence-corrected chi connectivity index (χ0v) is 18.3. The van der Waals surface area contributed by atoms with E-state index in [0.29, 0.717) is 18.9 Å². The first-order valence-corrected chi connectivity index (χ1v) is 11.5. The van der Waals surface area contributed by atoms with E-state index in [2.05, 4.69) is 22.2 Å². The molecule has 32 heavy (non-hydrogen) atoms. The van der Waals surface area contributed by atoms with Gasteiger partial charge in [-0.3, -0.25) is 14.4 Å². The fourth-order valence-electron chi connectivity index (χ4n) is 5.10. The summed E-state index contributed by atoms with van der Waals surface area (Å²) in [5, 5.41) is 8.79. The third-order valence-electron chi connectivity index (χ3n) is 6.59. The first-order valence-electron chi connectivity index (χ1n) is 11.5. The molecule has 2 aliphatic heterocycles. The molecule has 2 aromatic carbocycles. The van der Waals surface area contributed by atoms with Gasteiger partial charge in [0.15, 0.2) is 5.69 Å². The lowest BCUT2D eigenvalue weighted by atomic mass is 9.89. The Morgan fingerprint density at radius 1 is 1.12 bits per heavy atom. The molecule has 1 N–H and O–H groups in total. The zero-order chi connectivity index (χ0) is 22.1. The molecule has 1 amide bonds. The minimum absolute atomic E-state index is 0.0842. The number of hydrogen-bond acceptors (Lipinski definition) is 4. The second-order valence-electron chi connectivity index (χ2n) is 8.87. The van der Waals surface area contributed by atoms with Crippen LogP contribution in [-0.4, -0.2) is 51.9 Å². The van der Waals surface area contributed by atoms with E-state index in [9.17, 15) is 9.18 Å². The summed E-state index contributed by atoms with van der Waals surface area (Å²) in [6, 6.07) is 15.2. The molecule has 0 unspecified atom stereocenters. The van der Waals surface area contributed by atoms with Gasteiger partial charge in [0.1, 0.15) is 5.82 Å². The molecule has 0 radical (unpaired) electrons. The average Bonchev–Trinajstić information content (AvgIpc) is 3.15. The number of carbonyl (C=O) groups excluding carboxylic acids is 1. The van der Waals surface area contributed by atoms with Crippen LogP contribution in [0.2, 0.25) is 0 Å². The lowest BCUT2D eigenvalue weighted by Crippen LogP contribution is -2.60. The number of nitrogens with one attached hydrogen (secondary N) is 1. The molecular weight excluding hydrogens is 407 g/mol. The Kier molecular flexibility index (Phi) is 5.93. The van der Waals surface area contributed by atoms with Crippen molar-refractivity contribution in [1.29, 1.82) is 0 Å². The van der Waals surface area contributed by atoms with E-state index < -0.39 is 0 Å². The number of fused-ring (bicyclic) bond motifs is 3. The van der Waals surface area contributed by atoms with E-state index in [4.69, 9.17) is 4.74 Å². The third-order valence-corrected chi connectivity index (χ3v) is 6.59. The standard InChI is InChI=1S/C25H29FN4O2/c1-2-11-30-23-6-4-3-5-22(23)24(28-30)25(31)27-19-12-20-15-32-16-21(13-19)29(20)14-17-7-9-18(26)10-8-17/h3-10,19-21H,2,11-16H2,1H3,(H,27,31)/t19-,20-,21+. The predicted octanol–water partition coefficient (Wildman–Crippen LogP) is 3.75. The highest BCUT2D eigenvalue weighted by Gasteiger charge is 2.39. The summed E-state index contributed by atoms with van der Waals surface area (Å²) >= 11 is 0. The molecule has 168 valence electrons. The van der Waals surface area contributed by atoms with Crippen LogP contribution in [0.4, 0.5) is 4.39 Å². The van der Waals surface area contributed by atoms with E-state index in [1.54, 1.807) is 0 Å². The molecule has 3 heterocycles. The number of benzene rings is 2. The lowest BCUT2D eigenvalue weighted by Gasteiger charge is -2.48. The number of rotatable bonds is 6. The minimum Gasteiger partial charge on any atom is -0.378 e. The Morgan fingerprint density at radius 3 is 2.56 bits per heavy atom. The second-order valence-corrected chi connectivity index (χ2v) is 8.87. The Balaban J connectivity index is 1.30. The first kappa shape index (κ1) is 21.1. The molecule has 5 rings (SSSR count). The number of carbonyl (C=O) groups is 1. The van der Waals surface area contributed by atoms with Crippen molar-refractivity contribution in [3.8, 4) is 0 Å². The van der Waals surface area contributed by atoms with Crippen LogP contribution in [0.25, 0.3) is 10.9 Å². The molecule has 3 atom stereocenters. The van der Waals surface area contributed by atoms with E-state index in [1.165, 1.54) is 12.1 Å². The highest BCUT2D eigenvalue weighted by Crippen LogP contribution is 2.30. The zero-order valence-electron chi connectivity index (χ0n) is 18.3. The van der Waals surface area contributed by atoms with Gasteiger partial charge in [-0.05, 0) is 43.0 Å². The van der Waals surface area contributed by atoms with Crippen LogP contribution in [0.15, 0.2) is 48.5 Å². The SMILES string of the molecule is CCCn1nc(C(=O)N[C@H]2C[C@H]3COC[C@@H](C2)N3Cc2ccc(F)cc2)c2ccccc21. The number of piperidine rings is 1. The number of morpholine rings is 1. The van der Waals surface area contributed by atoms with Crippen LogP contribution < -0.4 is 5.32 Å². The van der Waals surface area contributed by atoms with E-state index in [-0.39, 0.29) is 29.8 Å². The molecular formula is C25H29FN4O2. The van der Waals surface area contributed by atoms with Crippen LogP contribution in [-0.2, 0) is 17.8 Å². The molecule has 2 bridgehead atoms. The highest BCUT2D eigenvalue weighted by atomic mass is 19.1. The molecule has 2 aliphatic rings. The Labute approximate surface area is 187 Å². The lowest BCUT2D eigenvalue weighted by molar-refractivity contribution is -0.0843. The summed E-state index contributed by atoms with van der Waals surface area (Å²) < 4.78 is 21.0. The van der Waals surface area contributed by atoms with Gasteiger partial charge in [-0.1, -0.05) is 37.3 Å². The van der Waals surface area contributed by atoms with Crippen LogP contribution in [0.5, 0.6) is 0 Å². The fraction of sp³-hybridized carbons (Fsp3) is 0.440. The number of ether oxygens (including phenoxy) is 1. The van der Waals surface area contributed by atoms with Gasteiger partial charge in [-0.15, -0.1) is 0 Å². The molecule has 3 aromatic rings. The van der Waals surface area contributed by atoms with Crippen LogP contribution in [0.1, 0.15) is 42.2 Å². The van der Waals surface area contributed by atoms with Gasteiger partial charge < -0.3 is 10.1 Å². The van der Waals surface area contributed by atoms with Crippen molar-refractivity contribution in [3.05, 3.63) is 65.6 Å². The number of hydrogen-bond donors (Lipinski definition) is 1. The quantitative estimate of drug-likeness (QED) is 0.640. The summed E-state index contributed by atoms with van der Waals surface area (Å²) in [4.78, 5) is 15.7. The van der Waals surface area contributed by atoms with Gasteiger partial charge in [0.25, 0.3) is 5.91 Å². The Hall–Kier alpha value is -2.77. The molecule has 7 heteroatoms. The third kappa shape index (κ3) is 4.14. The van der Waals surface area contributed by atoms with Crippen molar-refractivity contribution in [2.45, 2.75) is 57.4 Å². The maximum Gasteiger partial charge on any atom is 0.272 e.